The molecule has 24 heavy (non-hydrogen) atoms. The fourth-order valence-electron chi connectivity index (χ4n) is 2.37. The minimum atomic E-state index is -0.507. The molecular formula is C18H30FN3O2. The number of amides is 1. The van der Waals surface area contributed by atoms with E-state index in [4.69, 9.17) is 10.6 Å². The van der Waals surface area contributed by atoms with E-state index in [1.807, 2.05) is 33.9 Å². The summed E-state index contributed by atoms with van der Waals surface area (Å²) in [5.41, 5.74) is 6.39. The monoisotopic (exact) mass is 339 g/mol. The van der Waals surface area contributed by atoms with Gasteiger partial charge < -0.3 is 10.6 Å². The molecule has 0 aromatic heterocycles. The van der Waals surface area contributed by atoms with Crippen molar-refractivity contribution >= 4 is 6.41 Å². The van der Waals surface area contributed by atoms with Crippen LogP contribution in [0.1, 0.15) is 38.3 Å². The molecule has 0 aliphatic rings. The molecule has 1 aromatic carbocycles. The number of carbonyl (C=O) groups is 1. The van der Waals surface area contributed by atoms with E-state index in [1.54, 1.807) is 12.1 Å². The van der Waals surface area contributed by atoms with Crippen molar-refractivity contribution in [1.82, 2.24) is 9.96 Å². The maximum Gasteiger partial charge on any atom is 0.233 e. The fraction of sp³-hybridized carbons (Fsp3) is 0.611. The van der Waals surface area contributed by atoms with Gasteiger partial charge in [-0.05, 0) is 58.8 Å². The van der Waals surface area contributed by atoms with Crippen molar-refractivity contribution in [2.24, 2.45) is 5.73 Å². The quantitative estimate of drug-likeness (QED) is 0.525. The van der Waals surface area contributed by atoms with Crippen LogP contribution in [0, 0.1) is 5.82 Å². The van der Waals surface area contributed by atoms with Gasteiger partial charge in [-0.15, -0.1) is 0 Å². The van der Waals surface area contributed by atoms with Gasteiger partial charge in [-0.3, -0.25) is 9.63 Å². The number of likely N-dealkylation sites (N-methyl/N-ethyl adjacent to an activating group) is 1. The van der Waals surface area contributed by atoms with Crippen LogP contribution in [-0.4, -0.2) is 48.7 Å². The summed E-state index contributed by atoms with van der Waals surface area (Å²) in [5.74, 6) is -0.313. The summed E-state index contributed by atoms with van der Waals surface area (Å²) in [6, 6.07) is 5.16. The smallest absolute Gasteiger partial charge is 0.233 e. The number of nitrogens with two attached hydrogens (primary N) is 1. The van der Waals surface area contributed by atoms with Crippen molar-refractivity contribution in [3.63, 3.8) is 0 Å². The molecule has 1 aromatic rings. The van der Waals surface area contributed by atoms with Gasteiger partial charge in [-0.1, -0.05) is 12.1 Å². The molecule has 1 amide bonds. The molecule has 0 saturated heterocycles. The SMILES string of the molecule is CN(CCN)CCCc1ccc(CN(C=O)OC(C)(C)C)c(F)c1. The Balaban J connectivity index is 2.59. The highest BCUT2D eigenvalue weighted by Crippen LogP contribution is 2.16. The topological polar surface area (TPSA) is 58.8 Å². The molecule has 0 spiro atoms. The highest BCUT2D eigenvalue weighted by molar-refractivity contribution is 5.45. The minimum absolute atomic E-state index is 0.0894. The Hall–Kier alpha value is -1.50. The van der Waals surface area contributed by atoms with Crippen molar-refractivity contribution in [3.05, 3.63) is 35.1 Å². The van der Waals surface area contributed by atoms with E-state index in [-0.39, 0.29) is 12.4 Å². The second kappa shape index (κ2) is 9.71. The van der Waals surface area contributed by atoms with Crippen LogP contribution in [0.2, 0.25) is 0 Å². The van der Waals surface area contributed by atoms with Gasteiger partial charge in [0.1, 0.15) is 5.82 Å². The first kappa shape index (κ1) is 20.5. The van der Waals surface area contributed by atoms with E-state index < -0.39 is 5.60 Å². The number of benzene rings is 1. The third kappa shape index (κ3) is 7.86. The number of hydrogen-bond donors (Lipinski definition) is 1. The molecule has 0 saturated carbocycles. The second-order valence-corrected chi connectivity index (χ2v) is 7.01. The van der Waals surface area contributed by atoms with Gasteiger partial charge in [0.2, 0.25) is 6.41 Å². The highest BCUT2D eigenvalue weighted by Gasteiger charge is 2.17. The molecule has 0 atom stereocenters. The summed E-state index contributed by atoms with van der Waals surface area (Å²) >= 11 is 0. The van der Waals surface area contributed by atoms with Crippen LogP contribution in [0.15, 0.2) is 18.2 Å². The van der Waals surface area contributed by atoms with E-state index >= 15 is 0 Å². The Morgan fingerprint density at radius 1 is 1.29 bits per heavy atom. The first-order valence-corrected chi connectivity index (χ1v) is 8.32. The molecule has 2 N–H and O–H groups in total. The van der Waals surface area contributed by atoms with Gasteiger partial charge in [0, 0.05) is 18.7 Å². The lowest BCUT2D eigenvalue weighted by atomic mass is 10.1. The van der Waals surface area contributed by atoms with Gasteiger partial charge in [-0.25, -0.2) is 9.45 Å². The Morgan fingerprint density at radius 3 is 2.54 bits per heavy atom. The van der Waals surface area contributed by atoms with Crippen LogP contribution < -0.4 is 5.73 Å². The number of hydrogen-bond acceptors (Lipinski definition) is 4. The number of halogens is 1. The van der Waals surface area contributed by atoms with Crippen molar-refractivity contribution in [1.29, 1.82) is 0 Å². The molecule has 6 heteroatoms. The van der Waals surface area contributed by atoms with Gasteiger partial charge in [0.25, 0.3) is 0 Å². The molecule has 0 heterocycles. The number of carbonyl (C=O) groups excluding carboxylic acids is 1. The van der Waals surface area contributed by atoms with Gasteiger partial charge in [0.05, 0.1) is 12.1 Å². The van der Waals surface area contributed by atoms with E-state index in [0.29, 0.717) is 18.5 Å². The molecule has 0 unspecified atom stereocenters. The first-order valence-electron chi connectivity index (χ1n) is 8.32. The van der Waals surface area contributed by atoms with Crippen LogP contribution in [0.25, 0.3) is 0 Å². The number of rotatable bonds is 10. The van der Waals surface area contributed by atoms with Crippen LogP contribution in [0.5, 0.6) is 0 Å². The molecule has 0 radical (unpaired) electrons. The Kier molecular flexibility index (Phi) is 8.31. The Morgan fingerprint density at radius 2 is 2.00 bits per heavy atom. The average molecular weight is 339 g/mol. The van der Waals surface area contributed by atoms with Crippen LogP contribution >= 0.6 is 0 Å². The lowest BCUT2D eigenvalue weighted by Gasteiger charge is -2.26. The molecule has 0 bridgehead atoms. The summed E-state index contributed by atoms with van der Waals surface area (Å²) in [6.07, 6.45) is 2.33. The summed E-state index contributed by atoms with van der Waals surface area (Å²) in [6.45, 7) is 8.04. The highest BCUT2D eigenvalue weighted by atomic mass is 19.1. The molecule has 0 fully saturated rings. The maximum absolute atomic E-state index is 14.3. The van der Waals surface area contributed by atoms with Crippen molar-refractivity contribution in [2.45, 2.75) is 45.8 Å². The Bertz CT molecular complexity index is 517. The van der Waals surface area contributed by atoms with Gasteiger partial charge in [-0.2, -0.15) is 0 Å². The summed E-state index contributed by atoms with van der Waals surface area (Å²) in [5, 5.41) is 1.12. The Labute approximate surface area is 144 Å². The predicted molar refractivity (Wildman–Crippen MR) is 93.7 cm³/mol. The maximum atomic E-state index is 14.3. The van der Waals surface area contributed by atoms with E-state index in [2.05, 4.69) is 4.90 Å². The lowest BCUT2D eigenvalue weighted by molar-refractivity contribution is -0.220. The number of nitrogens with zero attached hydrogens (tertiary/aromatic N) is 2. The largest absolute Gasteiger partial charge is 0.329 e. The summed E-state index contributed by atoms with van der Waals surface area (Å²) in [4.78, 5) is 18.7. The van der Waals surface area contributed by atoms with Crippen LogP contribution in [0.3, 0.4) is 0 Å². The molecule has 136 valence electrons. The van der Waals surface area contributed by atoms with Crippen molar-refractivity contribution in [3.8, 4) is 0 Å². The zero-order valence-electron chi connectivity index (χ0n) is 15.2. The fourth-order valence-corrected chi connectivity index (χ4v) is 2.37. The molecular weight excluding hydrogens is 309 g/mol. The molecule has 5 nitrogen and oxygen atoms in total. The minimum Gasteiger partial charge on any atom is -0.329 e. The van der Waals surface area contributed by atoms with Gasteiger partial charge in [0.15, 0.2) is 0 Å². The van der Waals surface area contributed by atoms with Crippen LogP contribution in [-0.2, 0) is 22.6 Å². The zero-order valence-corrected chi connectivity index (χ0v) is 15.2. The summed E-state index contributed by atoms with van der Waals surface area (Å²) in [7, 11) is 2.03. The third-order valence-corrected chi connectivity index (χ3v) is 3.47. The predicted octanol–water partition coefficient (Wildman–Crippen LogP) is 2.34. The molecule has 0 aliphatic heterocycles. The molecule has 1 rings (SSSR count). The van der Waals surface area contributed by atoms with E-state index in [9.17, 15) is 9.18 Å². The van der Waals surface area contributed by atoms with Gasteiger partial charge >= 0.3 is 0 Å². The second-order valence-electron chi connectivity index (χ2n) is 7.01. The van der Waals surface area contributed by atoms with Crippen LogP contribution in [0.4, 0.5) is 4.39 Å². The van der Waals surface area contributed by atoms with E-state index in [1.165, 1.54) is 0 Å². The zero-order chi connectivity index (χ0) is 18.2. The summed E-state index contributed by atoms with van der Waals surface area (Å²) < 4.78 is 14.3. The van der Waals surface area contributed by atoms with E-state index in [0.717, 1.165) is 36.6 Å². The standard InChI is InChI=1S/C18H30FN3O2/c1-18(2,3)24-22(14-23)13-16-8-7-15(12-17(16)19)6-5-10-21(4)11-9-20/h7-8,12,14H,5-6,9-11,13,20H2,1-4H3. The van der Waals surface area contributed by atoms with Crippen molar-refractivity contribution in [2.75, 3.05) is 26.7 Å². The molecule has 0 aliphatic carbocycles. The lowest BCUT2D eigenvalue weighted by Crippen LogP contribution is -2.32. The normalized spacial score (nSPS) is 11.8. The number of hydroxylamine groups is 2. The third-order valence-electron chi connectivity index (χ3n) is 3.47. The number of aryl methyl sites for hydroxylation is 1. The van der Waals surface area contributed by atoms with Crippen molar-refractivity contribution < 1.29 is 14.0 Å². The average Bonchev–Trinajstić information content (AvgIpc) is 2.48. The first-order chi connectivity index (χ1) is 11.2.